The second kappa shape index (κ2) is 8.81. The van der Waals surface area contributed by atoms with E-state index in [1.54, 1.807) is 0 Å². The van der Waals surface area contributed by atoms with Gasteiger partial charge in [-0.1, -0.05) is 36.7 Å². The van der Waals surface area contributed by atoms with E-state index in [1.165, 1.54) is 11.1 Å². The summed E-state index contributed by atoms with van der Waals surface area (Å²) < 4.78 is 0. The highest BCUT2D eigenvalue weighted by molar-refractivity contribution is 6.31. The van der Waals surface area contributed by atoms with Crippen LogP contribution in [0.2, 0.25) is 5.02 Å². The lowest BCUT2D eigenvalue weighted by Gasteiger charge is -2.19. The smallest absolute Gasteiger partial charge is 0.0438 e. The monoisotopic (exact) mass is 302 g/mol. The molecule has 1 aromatic heterocycles. The maximum Gasteiger partial charge on any atom is 0.0438 e. The van der Waals surface area contributed by atoms with E-state index < -0.39 is 0 Å². The Bertz CT molecular complexity index is 528. The Morgan fingerprint density at radius 1 is 1.14 bits per heavy atom. The van der Waals surface area contributed by atoms with Crippen LogP contribution in [0.5, 0.6) is 0 Å². The van der Waals surface area contributed by atoms with Gasteiger partial charge >= 0.3 is 0 Å². The molecule has 2 aromatic rings. The second-order valence-electron chi connectivity index (χ2n) is 5.34. The average Bonchev–Trinajstić information content (AvgIpc) is 2.53. The van der Waals surface area contributed by atoms with Gasteiger partial charge in [0.15, 0.2) is 0 Å². The standard InChI is InChI=1S/C18H23ClN2/c1-2-11-21-17(8-7-15-9-12-20-13-10-15)14-16-5-3-4-6-18(16)19/h3-6,9-10,12-13,17,21H,2,7-8,11,14H2,1H3. The molecule has 0 fully saturated rings. The van der Waals surface area contributed by atoms with Gasteiger partial charge in [-0.2, -0.15) is 0 Å². The van der Waals surface area contributed by atoms with Crippen molar-refractivity contribution in [2.45, 2.75) is 38.6 Å². The zero-order valence-electron chi connectivity index (χ0n) is 12.6. The largest absolute Gasteiger partial charge is 0.314 e. The van der Waals surface area contributed by atoms with E-state index in [0.29, 0.717) is 6.04 Å². The van der Waals surface area contributed by atoms with Crippen molar-refractivity contribution in [1.29, 1.82) is 0 Å². The van der Waals surface area contributed by atoms with Gasteiger partial charge < -0.3 is 5.32 Å². The summed E-state index contributed by atoms with van der Waals surface area (Å²) in [4.78, 5) is 4.07. The summed E-state index contributed by atoms with van der Waals surface area (Å²) in [5.41, 5.74) is 2.56. The van der Waals surface area contributed by atoms with Crippen LogP contribution in [-0.2, 0) is 12.8 Å². The Morgan fingerprint density at radius 2 is 1.90 bits per heavy atom. The molecule has 0 aliphatic heterocycles. The van der Waals surface area contributed by atoms with E-state index >= 15 is 0 Å². The first-order chi connectivity index (χ1) is 10.3. The maximum atomic E-state index is 6.28. The van der Waals surface area contributed by atoms with Crippen molar-refractivity contribution >= 4 is 11.6 Å². The Morgan fingerprint density at radius 3 is 2.62 bits per heavy atom. The molecule has 1 unspecified atom stereocenters. The number of hydrogen-bond acceptors (Lipinski definition) is 2. The Hall–Kier alpha value is -1.38. The average molecular weight is 303 g/mol. The molecule has 1 aromatic carbocycles. The third-order valence-corrected chi connectivity index (χ3v) is 4.01. The van der Waals surface area contributed by atoms with Crippen LogP contribution >= 0.6 is 11.6 Å². The lowest BCUT2D eigenvalue weighted by Crippen LogP contribution is -2.32. The minimum Gasteiger partial charge on any atom is -0.314 e. The van der Waals surface area contributed by atoms with Gasteiger partial charge in [-0.15, -0.1) is 0 Å². The van der Waals surface area contributed by atoms with Crippen molar-refractivity contribution in [2.75, 3.05) is 6.54 Å². The minimum absolute atomic E-state index is 0.456. The van der Waals surface area contributed by atoms with Gasteiger partial charge in [-0.25, -0.2) is 0 Å². The molecule has 0 aliphatic rings. The number of rotatable bonds is 8. The van der Waals surface area contributed by atoms with E-state index in [2.05, 4.69) is 41.5 Å². The first kappa shape index (κ1) is 16.0. The number of halogens is 1. The summed E-state index contributed by atoms with van der Waals surface area (Å²) >= 11 is 6.28. The molecule has 0 saturated carbocycles. The molecule has 1 atom stereocenters. The lowest BCUT2D eigenvalue weighted by molar-refractivity contribution is 0.477. The van der Waals surface area contributed by atoms with Crippen molar-refractivity contribution in [3.63, 3.8) is 0 Å². The van der Waals surface area contributed by atoms with E-state index in [-0.39, 0.29) is 0 Å². The van der Waals surface area contributed by atoms with E-state index in [9.17, 15) is 0 Å². The van der Waals surface area contributed by atoms with E-state index in [4.69, 9.17) is 11.6 Å². The van der Waals surface area contributed by atoms with Crippen molar-refractivity contribution in [3.05, 3.63) is 64.9 Å². The molecule has 1 N–H and O–H groups in total. The topological polar surface area (TPSA) is 24.9 Å². The van der Waals surface area contributed by atoms with Gasteiger partial charge in [0.25, 0.3) is 0 Å². The molecule has 2 nitrogen and oxygen atoms in total. The van der Waals surface area contributed by atoms with Gasteiger partial charge in [0, 0.05) is 23.5 Å². The highest BCUT2D eigenvalue weighted by atomic mass is 35.5. The van der Waals surface area contributed by atoms with Crippen molar-refractivity contribution in [2.24, 2.45) is 0 Å². The molecule has 0 aliphatic carbocycles. The molecule has 0 saturated heterocycles. The number of hydrogen-bond donors (Lipinski definition) is 1. The van der Waals surface area contributed by atoms with Crippen molar-refractivity contribution in [3.8, 4) is 0 Å². The van der Waals surface area contributed by atoms with Gasteiger partial charge in [0.1, 0.15) is 0 Å². The third kappa shape index (κ3) is 5.49. The van der Waals surface area contributed by atoms with Gasteiger partial charge in [-0.05, 0) is 61.6 Å². The SMILES string of the molecule is CCCNC(CCc1ccncc1)Cc1ccccc1Cl. The lowest BCUT2D eigenvalue weighted by atomic mass is 9.99. The number of benzene rings is 1. The first-order valence-corrected chi connectivity index (χ1v) is 8.03. The molecule has 21 heavy (non-hydrogen) atoms. The Balaban J connectivity index is 1.96. The quantitative estimate of drug-likeness (QED) is 0.787. The molecule has 2 rings (SSSR count). The van der Waals surface area contributed by atoms with Crippen LogP contribution in [0.25, 0.3) is 0 Å². The van der Waals surface area contributed by atoms with Crippen LogP contribution < -0.4 is 5.32 Å². The molecular weight excluding hydrogens is 280 g/mol. The number of pyridine rings is 1. The number of aryl methyl sites for hydroxylation is 1. The Labute approximate surface area is 132 Å². The van der Waals surface area contributed by atoms with Crippen LogP contribution in [0, 0.1) is 0 Å². The molecular formula is C18H23ClN2. The highest BCUT2D eigenvalue weighted by Crippen LogP contribution is 2.18. The molecule has 0 bridgehead atoms. The minimum atomic E-state index is 0.456. The zero-order chi connectivity index (χ0) is 14.9. The second-order valence-corrected chi connectivity index (χ2v) is 5.75. The summed E-state index contributed by atoms with van der Waals surface area (Å²) in [6.45, 7) is 3.24. The van der Waals surface area contributed by atoms with Crippen LogP contribution in [0.3, 0.4) is 0 Å². The fourth-order valence-corrected chi connectivity index (χ4v) is 2.66. The van der Waals surface area contributed by atoms with Crippen LogP contribution in [-0.4, -0.2) is 17.6 Å². The molecule has 3 heteroatoms. The molecule has 0 radical (unpaired) electrons. The summed E-state index contributed by atoms with van der Waals surface area (Å²) in [5, 5.41) is 4.51. The molecule has 1 heterocycles. The van der Waals surface area contributed by atoms with Crippen LogP contribution in [0.4, 0.5) is 0 Å². The van der Waals surface area contributed by atoms with Crippen molar-refractivity contribution in [1.82, 2.24) is 10.3 Å². The maximum absolute atomic E-state index is 6.28. The predicted molar refractivity (Wildman–Crippen MR) is 89.8 cm³/mol. The summed E-state index contributed by atoms with van der Waals surface area (Å²) in [5.74, 6) is 0. The number of aromatic nitrogens is 1. The summed E-state index contributed by atoms with van der Waals surface area (Å²) in [6, 6.07) is 12.8. The predicted octanol–water partition coefficient (Wildman–Crippen LogP) is 4.28. The molecule has 0 amide bonds. The molecule has 112 valence electrons. The fourth-order valence-electron chi connectivity index (χ4n) is 2.44. The highest BCUT2D eigenvalue weighted by Gasteiger charge is 2.11. The normalized spacial score (nSPS) is 12.3. The van der Waals surface area contributed by atoms with E-state index in [0.717, 1.165) is 37.3 Å². The zero-order valence-corrected chi connectivity index (χ0v) is 13.3. The van der Waals surface area contributed by atoms with Gasteiger partial charge in [0.05, 0.1) is 0 Å². The van der Waals surface area contributed by atoms with Gasteiger partial charge in [0.2, 0.25) is 0 Å². The van der Waals surface area contributed by atoms with E-state index in [1.807, 2.05) is 24.5 Å². The number of nitrogens with one attached hydrogen (secondary N) is 1. The number of nitrogens with zero attached hydrogens (tertiary/aromatic N) is 1. The van der Waals surface area contributed by atoms with Crippen LogP contribution in [0.15, 0.2) is 48.8 Å². The fraction of sp³-hybridized carbons (Fsp3) is 0.389. The first-order valence-electron chi connectivity index (χ1n) is 7.65. The van der Waals surface area contributed by atoms with Gasteiger partial charge in [-0.3, -0.25) is 4.98 Å². The Kier molecular flexibility index (Phi) is 6.71. The molecule has 0 spiro atoms. The van der Waals surface area contributed by atoms with Crippen molar-refractivity contribution < 1.29 is 0 Å². The van der Waals surface area contributed by atoms with Crippen LogP contribution in [0.1, 0.15) is 30.9 Å². The summed E-state index contributed by atoms with van der Waals surface area (Å²) in [7, 11) is 0. The third-order valence-electron chi connectivity index (χ3n) is 3.64. The summed E-state index contributed by atoms with van der Waals surface area (Å²) in [6.07, 6.45) is 8.01.